The van der Waals surface area contributed by atoms with Crippen molar-refractivity contribution in [3.63, 3.8) is 0 Å². The molecule has 0 aromatic heterocycles. The highest BCUT2D eigenvalue weighted by molar-refractivity contribution is 9.10. The highest BCUT2D eigenvalue weighted by Crippen LogP contribution is 2.24. The number of carbonyl (C=O) groups is 1. The van der Waals surface area contributed by atoms with Crippen LogP contribution in [0.3, 0.4) is 0 Å². The van der Waals surface area contributed by atoms with E-state index in [9.17, 15) is 4.79 Å². The topological polar surface area (TPSA) is 41.6 Å². The first-order valence-corrected chi connectivity index (χ1v) is 6.84. The molecule has 1 aromatic carbocycles. The summed E-state index contributed by atoms with van der Waals surface area (Å²) in [6.07, 6.45) is 2.24. The van der Waals surface area contributed by atoms with E-state index in [2.05, 4.69) is 21.2 Å². The van der Waals surface area contributed by atoms with Crippen molar-refractivity contribution >= 4 is 27.5 Å². The van der Waals surface area contributed by atoms with E-state index >= 15 is 0 Å². The Morgan fingerprint density at radius 2 is 2.11 bits per heavy atom. The molecule has 0 unspecified atom stereocenters. The van der Waals surface area contributed by atoms with Gasteiger partial charge in [-0.25, -0.2) is 0 Å². The standard InChI is InChI=1S/C13H17BrN2O2/c1-18-12-7-10(14)6-11(8-12)15-9-13(17)16-4-2-3-5-16/h6-8,15H,2-5,9H2,1H3. The lowest BCUT2D eigenvalue weighted by atomic mass is 10.3. The molecule has 1 aliphatic heterocycles. The molecule has 1 amide bonds. The van der Waals surface area contributed by atoms with Gasteiger partial charge in [0.1, 0.15) is 5.75 Å². The monoisotopic (exact) mass is 312 g/mol. The Bertz CT molecular complexity index is 431. The summed E-state index contributed by atoms with van der Waals surface area (Å²) in [6.45, 7) is 2.12. The molecule has 1 N–H and O–H groups in total. The largest absolute Gasteiger partial charge is 0.497 e. The van der Waals surface area contributed by atoms with Gasteiger partial charge in [-0.05, 0) is 25.0 Å². The Balaban J connectivity index is 1.92. The molecule has 0 spiro atoms. The third-order valence-electron chi connectivity index (χ3n) is 3.01. The third-order valence-corrected chi connectivity index (χ3v) is 3.47. The molecule has 1 saturated heterocycles. The van der Waals surface area contributed by atoms with Crippen LogP contribution in [0.25, 0.3) is 0 Å². The number of rotatable bonds is 4. The van der Waals surface area contributed by atoms with Crippen molar-refractivity contribution in [3.8, 4) is 5.75 Å². The molecular formula is C13H17BrN2O2. The van der Waals surface area contributed by atoms with Crippen LogP contribution in [0, 0.1) is 0 Å². The second kappa shape index (κ2) is 6.09. The molecule has 0 aliphatic carbocycles. The summed E-state index contributed by atoms with van der Waals surface area (Å²) < 4.78 is 6.11. The molecule has 1 aromatic rings. The van der Waals surface area contributed by atoms with Crippen molar-refractivity contribution < 1.29 is 9.53 Å². The van der Waals surface area contributed by atoms with Crippen molar-refractivity contribution in [2.45, 2.75) is 12.8 Å². The fourth-order valence-corrected chi connectivity index (χ4v) is 2.51. The molecule has 0 atom stereocenters. The number of benzene rings is 1. The fraction of sp³-hybridized carbons (Fsp3) is 0.462. The van der Waals surface area contributed by atoms with Crippen LogP contribution in [0.5, 0.6) is 5.75 Å². The van der Waals surface area contributed by atoms with Crippen molar-refractivity contribution in [3.05, 3.63) is 22.7 Å². The SMILES string of the molecule is COc1cc(Br)cc(NCC(=O)N2CCCC2)c1. The highest BCUT2D eigenvalue weighted by atomic mass is 79.9. The number of hydrogen-bond donors (Lipinski definition) is 1. The lowest BCUT2D eigenvalue weighted by Crippen LogP contribution is -2.32. The average Bonchev–Trinajstić information content (AvgIpc) is 2.89. The van der Waals surface area contributed by atoms with Gasteiger partial charge in [-0.1, -0.05) is 15.9 Å². The Morgan fingerprint density at radius 1 is 1.39 bits per heavy atom. The van der Waals surface area contributed by atoms with Gasteiger partial charge in [-0.2, -0.15) is 0 Å². The average molecular weight is 313 g/mol. The van der Waals surface area contributed by atoms with Gasteiger partial charge in [0.25, 0.3) is 0 Å². The number of carbonyl (C=O) groups excluding carboxylic acids is 1. The molecule has 1 fully saturated rings. The van der Waals surface area contributed by atoms with Crippen LogP contribution in [-0.4, -0.2) is 37.6 Å². The van der Waals surface area contributed by atoms with Crippen LogP contribution in [0.1, 0.15) is 12.8 Å². The van der Waals surface area contributed by atoms with E-state index in [-0.39, 0.29) is 5.91 Å². The van der Waals surface area contributed by atoms with Crippen molar-refractivity contribution in [2.24, 2.45) is 0 Å². The molecule has 0 radical (unpaired) electrons. The molecule has 1 aliphatic rings. The van der Waals surface area contributed by atoms with E-state index in [0.717, 1.165) is 41.8 Å². The van der Waals surface area contributed by atoms with Crippen molar-refractivity contribution in [1.82, 2.24) is 4.90 Å². The van der Waals surface area contributed by atoms with Gasteiger partial charge in [-0.3, -0.25) is 4.79 Å². The maximum atomic E-state index is 11.9. The Morgan fingerprint density at radius 3 is 2.78 bits per heavy atom. The second-order valence-corrected chi connectivity index (χ2v) is 5.24. The summed E-state index contributed by atoms with van der Waals surface area (Å²) >= 11 is 3.41. The smallest absolute Gasteiger partial charge is 0.241 e. The first kappa shape index (κ1) is 13.2. The van der Waals surface area contributed by atoms with Crippen LogP contribution in [0.4, 0.5) is 5.69 Å². The molecule has 18 heavy (non-hydrogen) atoms. The summed E-state index contributed by atoms with van der Waals surface area (Å²) in [6, 6.07) is 5.69. The van der Waals surface area contributed by atoms with Crippen LogP contribution in [0.2, 0.25) is 0 Å². The summed E-state index contributed by atoms with van der Waals surface area (Å²) in [7, 11) is 1.63. The molecule has 5 heteroatoms. The molecule has 1 heterocycles. The normalized spacial score (nSPS) is 14.7. The van der Waals surface area contributed by atoms with Gasteiger partial charge < -0.3 is 15.0 Å². The van der Waals surface area contributed by atoms with Gasteiger partial charge in [-0.15, -0.1) is 0 Å². The molecule has 0 saturated carbocycles. The first-order valence-electron chi connectivity index (χ1n) is 6.05. The molecule has 2 rings (SSSR count). The van der Waals surface area contributed by atoms with Gasteiger partial charge in [0.15, 0.2) is 0 Å². The third kappa shape index (κ3) is 3.38. The van der Waals surface area contributed by atoms with Gasteiger partial charge in [0, 0.05) is 29.3 Å². The highest BCUT2D eigenvalue weighted by Gasteiger charge is 2.17. The summed E-state index contributed by atoms with van der Waals surface area (Å²) in [4.78, 5) is 13.8. The number of halogens is 1. The quantitative estimate of drug-likeness (QED) is 0.928. The van der Waals surface area contributed by atoms with E-state index in [1.807, 2.05) is 23.1 Å². The second-order valence-electron chi connectivity index (χ2n) is 4.32. The van der Waals surface area contributed by atoms with Gasteiger partial charge in [0.05, 0.1) is 13.7 Å². The number of amides is 1. The Kier molecular flexibility index (Phi) is 4.47. The van der Waals surface area contributed by atoms with Gasteiger partial charge >= 0.3 is 0 Å². The first-order chi connectivity index (χ1) is 8.69. The van der Waals surface area contributed by atoms with E-state index in [4.69, 9.17) is 4.74 Å². The van der Waals surface area contributed by atoms with E-state index in [1.165, 1.54) is 0 Å². The number of nitrogens with zero attached hydrogens (tertiary/aromatic N) is 1. The number of nitrogens with one attached hydrogen (secondary N) is 1. The zero-order chi connectivity index (χ0) is 13.0. The molecular weight excluding hydrogens is 296 g/mol. The van der Waals surface area contributed by atoms with Crippen molar-refractivity contribution in [1.29, 1.82) is 0 Å². The van der Waals surface area contributed by atoms with Crippen LogP contribution < -0.4 is 10.1 Å². The minimum atomic E-state index is 0.159. The summed E-state index contributed by atoms with van der Waals surface area (Å²) in [5.41, 5.74) is 0.883. The lowest BCUT2D eigenvalue weighted by molar-refractivity contribution is -0.128. The number of likely N-dealkylation sites (tertiary alicyclic amines) is 1. The minimum absolute atomic E-state index is 0.159. The van der Waals surface area contributed by atoms with E-state index in [0.29, 0.717) is 6.54 Å². The van der Waals surface area contributed by atoms with E-state index in [1.54, 1.807) is 7.11 Å². The Labute approximate surface area is 115 Å². The number of methoxy groups -OCH3 is 1. The maximum Gasteiger partial charge on any atom is 0.241 e. The number of anilines is 1. The van der Waals surface area contributed by atoms with Crippen LogP contribution in [-0.2, 0) is 4.79 Å². The molecule has 0 bridgehead atoms. The minimum Gasteiger partial charge on any atom is -0.497 e. The van der Waals surface area contributed by atoms with E-state index < -0.39 is 0 Å². The summed E-state index contributed by atoms with van der Waals surface area (Å²) in [5, 5.41) is 3.14. The predicted molar refractivity (Wildman–Crippen MR) is 75.0 cm³/mol. The number of ether oxygens (including phenoxy) is 1. The predicted octanol–water partition coefficient (Wildman–Crippen LogP) is 2.49. The Hall–Kier alpha value is -1.23. The zero-order valence-electron chi connectivity index (χ0n) is 10.4. The van der Waals surface area contributed by atoms with Crippen LogP contribution >= 0.6 is 15.9 Å². The van der Waals surface area contributed by atoms with Crippen LogP contribution in [0.15, 0.2) is 22.7 Å². The number of hydrogen-bond acceptors (Lipinski definition) is 3. The molecule has 98 valence electrons. The van der Waals surface area contributed by atoms with Gasteiger partial charge in [0.2, 0.25) is 5.91 Å². The fourth-order valence-electron chi connectivity index (χ4n) is 2.04. The zero-order valence-corrected chi connectivity index (χ0v) is 12.0. The lowest BCUT2D eigenvalue weighted by Gasteiger charge is -2.16. The molecule has 4 nitrogen and oxygen atoms in total. The van der Waals surface area contributed by atoms with Crippen molar-refractivity contribution in [2.75, 3.05) is 32.1 Å². The summed E-state index contributed by atoms with van der Waals surface area (Å²) in [5.74, 6) is 0.923. The maximum absolute atomic E-state index is 11.9.